The molecule has 0 aromatic heterocycles. The number of carbonyl (C=O) groups excluding carboxylic acids is 3. The van der Waals surface area contributed by atoms with Gasteiger partial charge in [-0.1, -0.05) is 0 Å². The second-order valence-corrected chi connectivity index (χ2v) is 4.19. The number of aliphatic hydroxyl groups is 3. The van der Waals surface area contributed by atoms with Crippen LogP contribution in [-0.2, 0) is 31.5 Å². The van der Waals surface area contributed by atoms with Gasteiger partial charge >= 0.3 is 0 Å². The first kappa shape index (κ1) is 28.3. The summed E-state index contributed by atoms with van der Waals surface area (Å²) in [6, 6.07) is 0. The number of ketones is 3. The van der Waals surface area contributed by atoms with Gasteiger partial charge in [-0.2, -0.15) is 0 Å². The zero-order valence-corrected chi connectivity index (χ0v) is 14.9. The van der Waals surface area contributed by atoms with Gasteiger partial charge in [0.15, 0.2) is 17.3 Å². The zero-order chi connectivity index (χ0) is 17.6. The Balaban J connectivity index is -0.000000108. The van der Waals surface area contributed by atoms with Gasteiger partial charge in [-0.3, -0.25) is 14.4 Å². The van der Waals surface area contributed by atoms with Gasteiger partial charge in [-0.15, -0.1) is 0 Å². The normalized spacial score (nSPS) is 10.9. The molecular weight excluding hydrogens is 331 g/mol. The molecule has 1 radical (unpaired) electrons. The molecule has 0 aliphatic rings. The van der Waals surface area contributed by atoms with E-state index in [0.717, 1.165) is 0 Å². The van der Waals surface area contributed by atoms with Crippen molar-refractivity contribution in [1.29, 1.82) is 0 Å². The van der Waals surface area contributed by atoms with Gasteiger partial charge in [0.1, 0.15) is 0 Å². The molecule has 7 heteroatoms. The van der Waals surface area contributed by atoms with Crippen LogP contribution in [0.25, 0.3) is 0 Å². The molecule has 0 amide bonds. The predicted molar refractivity (Wildman–Crippen MR) is 81.2 cm³/mol. The van der Waals surface area contributed by atoms with E-state index in [9.17, 15) is 14.4 Å². The molecule has 0 spiro atoms. The van der Waals surface area contributed by atoms with Crippen molar-refractivity contribution >= 4 is 17.3 Å². The maximum absolute atomic E-state index is 10.0. The van der Waals surface area contributed by atoms with Crippen LogP contribution in [0.5, 0.6) is 0 Å². The fourth-order valence-electron chi connectivity index (χ4n) is 0.882. The third kappa shape index (κ3) is 51.8. The number of hydrogen-bond acceptors (Lipinski definition) is 6. The Kier molecular flexibility index (Phi) is 22.2. The monoisotopic (exact) mass is 355 g/mol. The molecule has 0 aliphatic carbocycles. The van der Waals surface area contributed by atoms with Crippen molar-refractivity contribution in [2.75, 3.05) is 0 Å². The predicted octanol–water partition coefficient (Wildman–Crippen LogP) is 3.11. The van der Waals surface area contributed by atoms with Crippen molar-refractivity contribution in [2.24, 2.45) is 0 Å². The molecular formula is C15H24MnO6. The first-order chi connectivity index (χ1) is 9.38. The van der Waals surface area contributed by atoms with Crippen LogP contribution in [0, 0.1) is 0 Å². The van der Waals surface area contributed by atoms with Gasteiger partial charge in [-0.05, 0) is 41.5 Å². The number of aliphatic hydroxyl groups excluding tert-OH is 3. The quantitative estimate of drug-likeness (QED) is 0.407. The second-order valence-electron chi connectivity index (χ2n) is 4.19. The SMILES string of the molecule is CC(=O)/C=C(/C)O.CC(=O)/C=C(\C)O.CC(=O)/C=C(\C)O.[Mn]. The van der Waals surface area contributed by atoms with Crippen LogP contribution in [0.4, 0.5) is 0 Å². The largest absolute Gasteiger partial charge is 0.512 e. The van der Waals surface area contributed by atoms with Crippen molar-refractivity contribution in [3.63, 3.8) is 0 Å². The van der Waals surface area contributed by atoms with Crippen molar-refractivity contribution < 1.29 is 46.8 Å². The van der Waals surface area contributed by atoms with Crippen LogP contribution < -0.4 is 0 Å². The molecule has 0 fully saturated rings. The maximum Gasteiger partial charge on any atom is 0.155 e. The molecule has 0 aliphatic heterocycles. The third-order valence-corrected chi connectivity index (χ3v) is 1.24. The zero-order valence-electron chi connectivity index (χ0n) is 13.7. The van der Waals surface area contributed by atoms with Gasteiger partial charge in [0.25, 0.3) is 0 Å². The van der Waals surface area contributed by atoms with Crippen LogP contribution in [-0.4, -0.2) is 32.7 Å². The average Bonchev–Trinajstić information content (AvgIpc) is 2.10. The van der Waals surface area contributed by atoms with E-state index in [4.69, 9.17) is 15.3 Å². The average molecular weight is 355 g/mol. The summed E-state index contributed by atoms with van der Waals surface area (Å²) in [4.78, 5) is 30.1. The van der Waals surface area contributed by atoms with Crippen molar-refractivity contribution in [1.82, 2.24) is 0 Å². The van der Waals surface area contributed by atoms with E-state index < -0.39 is 0 Å². The van der Waals surface area contributed by atoms with E-state index in [2.05, 4.69) is 0 Å². The molecule has 127 valence electrons. The first-order valence-electron chi connectivity index (χ1n) is 6.02. The molecule has 0 saturated heterocycles. The van der Waals surface area contributed by atoms with Crippen LogP contribution in [0.15, 0.2) is 35.5 Å². The van der Waals surface area contributed by atoms with Crippen LogP contribution >= 0.6 is 0 Å². The first-order valence-corrected chi connectivity index (χ1v) is 6.02. The summed E-state index contributed by atoms with van der Waals surface area (Å²) in [6.07, 6.45) is 3.50. The Morgan fingerprint density at radius 1 is 0.545 bits per heavy atom. The molecule has 0 unspecified atom stereocenters. The van der Waals surface area contributed by atoms with E-state index in [-0.39, 0.29) is 51.7 Å². The number of allylic oxidation sites excluding steroid dienone is 6. The summed E-state index contributed by atoms with van der Waals surface area (Å²) in [5.74, 6) is -0.187. The molecule has 3 N–H and O–H groups in total. The van der Waals surface area contributed by atoms with Gasteiger partial charge in [0, 0.05) is 35.3 Å². The summed E-state index contributed by atoms with van der Waals surface area (Å²) in [7, 11) is 0. The Labute approximate surface area is 141 Å². The summed E-state index contributed by atoms with van der Waals surface area (Å²) in [5.41, 5.74) is 0. The van der Waals surface area contributed by atoms with E-state index in [1.165, 1.54) is 59.8 Å². The van der Waals surface area contributed by atoms with Crippen LogP contribution in [0.3, 0.4) is 0 Å². The Hall–Kier alpha value is -1.85. The summed E-state index contributed by atoms with van der Waals surface area (Å²) in [6.45, 7) is 8.54. The fourth-order valence-corrected chi connectivity index (χ4v) is 0.882. The van der Waals surface area contributed by atoms with Crippen molar-refractivity contribution in [2.45, 2.75) is 41.5 Å². The fraction of sp³-hybridized carbons (Fsp3) is 0.400. The van der Waals surface area contributed by atoms with E-state index >= 15 is 0 Å². The number of rotatable bonds is 3. The van der Waals surface area contributed by atoms with E-state index in [1.807, 2.05) is 0 Å². The standard InChI is InChI=1S/3C5H8O2.Mn/c3*1-4(6)3-5(2)7;/h3*3,6H,1-2H3;/b2*4-3+;4-3-;. The van der Waals surface area contributed by atoms with Gasteiger partial charge in [-0.25, -0.2) is 0 Å². The number of carbonyl (C=O) groups is 3. The summed E-state index contributed by atoms with van der Waals surface area (Å²) >= 11 is 0. The maximum atomic E-state index is 10.0. The third-order valence-electron chi connectivity index (χ3n) is 1.24. The molecule has 6 nitrogen and oxygen atoms in total. The summed E-state index contributed by atoms with van der Waals surface area (Å²) < 4.78 is 0. The minimum absolute atomic E-state index is 0. The van der Waals surface area contributed by atoms with Gasteiger partial charge in [0.2, 0.25) is 0 Å². The Morgan fingerprint density at radius 2 is 0.682 bits per heavy atom. The molecule has 0 saturated carbocycles. The van der Waals surface area contributed by atoms with Crippen LogP contribution in [0.1, 0.15) is 41.5 Å². The molecule has 22 heavy (non-hydrogen) atoms. The van der Waals surface area contributed by atoms with Crippen LogP contribution in [0.2, 0.25) is 0 Å². The molecule has 0 rings (SSSR count). The molecule has 0 atom stereocenters. The smallest absolute Gasteiger partial charge is 0.155 e. The number of hydrogen-bond donors (Lipinski definition) is 3. The minimum Gasteiger partial charge on any atom is -0.512 e. The minimum atomic E-state index is -0.125. The molecule has 0 heterocycles. The Morgan fingerprint density at radius 3 is 0.682 bits per heavy atom. The van der Waals surface area contributed by atoms with Crippen molar-refractivity contribution in [3.05, 3.63) is 35.5 Å². The Bertz CT molecular complexity index is 368. The van der Waals surface area contributed by atoms with Crippen molar-refractivity contribution in [3.8, 4) is 0 Å². The van der Waals surface area contributed by atoms with Gasteiger partial charge < -0.3 is 15.3 Å². The van der Waals surface area contributed by atoms with E-state index in [1.54, 1.807) is 0 Å². The van der Waals surface area contributed by atoms with Gasteiger partial charge in [0.05, 0.1) is 17.3 Å². The molecule has 0 aromatic carbocycles. The second kappa shape index (κ2) is 17.2. The van der Waals surface area contributed by atoms with E-state index in [0.29, 0.717) is 0 Å². The molecule has 0 bridgehead atoms. The summed E-state index contributed by atoms with van der Waals surface area (Å²) in [5, 5.41) is 25.1. The topological polar surface area (TPSA) is 112 Å². The molecule has 0 aromatic rings.